The minimum atomic E-state index is -0.550. The van der Waals surface area contributed by atoms with Gasteiger partial charge in [0.1, 0.15) is 5.75 Å². The fourth-order valence-corrected chi connectivity index (χ4v) is 0.868. The Kier molecular flexibility index (Phi) is 2.08. The summed E-state index contributed by atoms with van der Waals surface area (Å²) in [6.07, 6.45) is 0. The Morgan fingerprint density at radius 1 is 1.45 bits per heavy atom. The van der Waals surface area contributed by atoms with Crippen molar-refractivity contribution < 1.29 is 9.50 Å². The van der Waals surface area contributed by atoms with E-state index in [0.717, 1.165) is 6.07 Å². The topological polar surface area (TPSA) is 33.1 Å². The Labute approximate surface area is 64.7 Å². The minimum Gasteiger partial charge on any atom is -0.506 e. The fraction of sp³-hybridized carbons (Fsp3) is 0.375. The van der Waals surface area contributed by atoms with Crippen molar-refractivity contribution in [1.29, 1.82) is 0 Å². The zero-order valence-corrected chi connectivity index (χ0v) is 6.50. The second kappa shape index (κ2) is 2.86. The normalized spacial score (nSPS) is 10.5. The van der Waals surface area contributed by atoms with Crippen LogP contribution in [0.1, 0.15) is 25.5 Å². The highest BCUT2D eigenvalue weighted by Crippen LogP contribution is 2.22. The lowest BCUT2D eigenvalue weighted by molar-refractivity contribution is 0.451. The summed E-state index contributed by atoms with van der Waals surface area (Å²) in [7, 11) is 0. The largest absolute Gasteiger partial charge is 0.506 e. The molecule has 11 heavy (non-hydrogen) atoms. The summed E-state index contributed by atoms with van der Waals surface area (Å²) < 4.78 is 12.5. The van der Waals surface area contributed by atoms with E-state index in [1.807, 2.05) is 13.8 Å². The van der Waals surface area contributed by atoms with Crippen LogP contribution in [0.4, 0.5) is 4.39 Å². The third-order valence-corrected chi connectivity index (χ3v) is 1.42. The van der Waals surface area contributed by atoms with Gasteiger partial charge in [0.2, 0.25) is 5.95 Å². The van der Waals surface area contributed by atoms with Crippen molar-refractivity contribution in [1.82, 2.24) is 4.98 Å². The molecule has 2 nitrogen and oxygen atoms in total. The van der Waals surface area contributed by atoms with Gasteiger partial charge in [0, 0.05) is 0 Å². The maximum Gasteiger partial charge on any atom is 0.213 e. The van der Waals surface area contributed by atoms with Crippen LogP contribution in [0.3, 0.4) is 0 Å². The van der Waals surface area contributed by atoms with Crippen molar-refractivity contribution in [2.45, 2.75) is 19.8 Å². The van der Waals surface area contributed by atoms with Crippen molar-refractivity contribution in [2.75, 3.05) is 0 Å². The zero-order chi connectivity index (χ0) is 8.43. The summed E-state index contributed by atoms with van der Waals surface area (Å²) >= 11 is 0. The van der Waals surface area contributed by atoms with E-state index < -0.39 is 5.95 Å². The van der Waals surface area contributed by atoms with Crippen molar-refractivity contribution in [2.24, 2.45) is 0 Å². The van der Waals surface area contributed by atoms with Crippen LogP contribution in [0.15, 0.2) is 12.1 Å². The Bertz CT molecular complexity index is 260. The van der Waals surface area contributed by atoms with E-state index in [-0.39, 0.29) is 11.7 Å². The standard InChI is InChI=1S/C8H10FNO/c1-5(2)8-6(11)3-4-7(9)10-8/h3-5,11H,1-2H3. The predicted molar refractivity (Wildman–Crippen MR) is 39.9 cm³/mol. The zero-order valence-electron chi connectivity index (χ0n) is 6.50. The molecule has 0 saturated heterocycles. The third kappa shape index (κ3) is 1.67. The van der Waals surface area contributed by atoms with Crippen LogP contribution in [0, 0.1) is 5.95 Å². The van der Waals surface area contributed by atoms with Gasteiger partial charge in [0.05, 0.1) is 5.69 Å². The molecule has 0 aliphatic carbocycles. The van der Waals surface area contributed by atoms with Gasteiger partial charge in [-0.1, -0.05) is 13.8 Å². The number of hydrogen-bond acceptors (Lipinski definition) is 2. The predicted octanol–water partition coefficient (Wildman–Crippen LogP) is 2.05. The average Bonchev–Trinajstić information content (AvgIpc) is 1.94. The first-order chi connectivity index (χ1) is 5.11. The summed E-state index contributed by atoms with van der Waals surface area (Å²) in [6.45, 7) is 3.70. The SMILES string of the molecule is CC(C)c1nc(F)ccc1O. The van der Waals surface area contributed by atoms with Crippen LogP contribution in [-0.4, -0.2) is 10.1 Å². The van der Waals surface area contributed by atoms with Crippen LogP contribution in [0.5, 0.6) is 5.75 Å². The molecule has 1 aromatic rings. The first-order valence-electron chi connectivity index (χ1n) is 3.46. The maximum atomic E-state index is 12.5. The van der Waals surface area contributed by atoms with E-state index in [2.05, 4.69) is 4.98 Å². The number of aromatic hydroxyl groups is 1. The van der Waals surface area contributed by atoms with E-state index in [9.17, 15) is 9.50 Å². The Hall–Kier alpha value is -1.12. The molecule has 0 amide bonds. The molecule has 0 radical (unpaired) electrons. The molecule has 1 N–H and O–H groups in total. The lowest BCUT2D eigenvalue weighted by atomic mass is 10.1. The van der Waals surface area contributed by atoms with Crippen LogP contribution in [0.25, 0.3) is 0 Å². The van der Waals surface area contributed by atoms with Gasteiger partial charge in [0.15, 0.2) is 0 Å². The van der Waals surface area contributed by atoms with Gasteiger partial charge in [0.25, 0.3) is 0 Å². The average molecular weight is 155 g/mol. The summed E-state index contributed by atoms with van der Waals surface area (Å²) in [4.78, 5) is 3.56. The molecule has 1 rings (SSSR count). The van der Waals surface area contributed by atoms with Crippen LogP contribution < -0.4 is 0 Å². The molecular formula is C8H10FNO. The second-order valence-electron chi connectivity index (χ2n) is 2.69. The summed E-state index contributed by atoms with van der Waals surface area (Å²) in [6, 6.07) is 2.46. The van der Waals surface area contributed by atoms with Gasteiger partial charge in [-0.05, 0) is 18.1 Å². The molecule has 0 saturated carbocycles. The van der Waals surface area contributed by atoms with E-state index in [1.54, 1.807) is 0 Å². The molecule has 0 aliphatic heterocycles. The molecule has 1 aromatic heterocycles. The lowest BCUT2D eigenvalue weighted by Crippen LogP contribution is -1.95. The summed E-state index contributed by atoms with van der Waals surface area (Å²) in [5, 5.41) is 9.18. The fourth-order valence-electron chi connectivity index (χ4n) is 0.868. The molecule has 0 unspecified atom stereocenters. The number of aromatic nitrogens is 1. The molecule has 0 aliphatic rings. The maximum absolute atomic E-state index is 12.5. The smallest absolute Gasteiger partial charge is 0.213 e. The van der Waals surface area contributed by atoms with Crippen molar-refractivity contribution in [3.8, 4) is 5.75 Å². The first-order valence-corrected chi connectivity index (χ1v) is 3.46. The van der Waals surface area contributed by atoms with Gasteiger partial charge < -0.3 is 5.11 Å². The van der Waals surface area contributed by atoms with Crippen LogP contribution in [0.2, 0.25) is 0 Å². The van der Waals surface area contributed by atoms with E-state index in [4.69, 9.17) is 0 Å². The van der Waals surface area contributed by atoms with E-state index in [0.29, 0.717) is 5.69 Å². The molecule has 0 atom stereocenters. The first kappa shape index (κ1) is 7.98. The monoisotopic (exact) mass is 155 g/mol. The third-order valence-electron chi connectivity index (χ3n) is 1.42. The Morgan fingerprint density at radius 2 is 2.09 bits per heavy atom. The quantitative estimate of drug-likeness (QED) is 0.629. The van der Waals surface area contributed by atoms with Crippen LogP contribution in [-0.2, 0) is 0 Å². The molecular weight excluding hydrogens is 145 g/mol. The van der Waals surface area contributed by atoms with Crippen molar-refractivity contribution in [3.63, 3.8) is 0 Å². The Morgan fingerprint density at radius 3 is 2.55 bits per heavy atom. The highest BCUT2D eigenvalue weighted by molar-refractivity contribution is 5.27. The number of hydrogen-bond donors (Lipinski definition) is 1. The number of rotatable bonds is 1. The van der Waals surface area contributed by atoms with Crippen LogP contribution >= 0.6 is 0 Å². The number of pyridine rings is 1. The second-order valence-corrected chi connectivity index (χ2v) is 2.69. The molecule has 1 heterocycles. The van der Waals surface area contributed by atoms with Gasteiger partial charge in [-0.2, -0.15) is 4.39 Å². The van der Waals surface area contributed by atoms with Gasteiger partial charge in [-0.25, -0.2) is 4.98 Å². The molecule has 0 aromatic carbocycles. The molecule has 0 spiro atoms. The lowest BCUT2D eigenvalue weighted by Gasteiger charge is -2.05. The molecule has 0 bridgehead atoms. The van der Waals surface area contributed by atoms with Gasteiger partial charge >= 0.3 is 0 Å². The van der Waals surface area contributed by atoms with E-state index in [1.165, 1.54) is 6.07 Å². The van der Waals surface area contributed by atoms with Gasteiger partial charge in [-0.3, -0.25) is 0 Å². The Balaban J connectivity index is 3.13. The van der Waals surface area contributed by atoms with Crippen molar-refractivity contribution >= 4 is 0 Å². The van der Waals surface area contributed by atoms with Crippen molar-refractivity contribution in [3.05, 3.63) is 23.8 Å². The number of nitrogens with zero attached hydrogens (tertiary/aromatic N) is 1. The number of halogens is 1. The minimum absolute atomic E-state index is 0.0469. The summed E-state index contributed by atoms with van der Waals surface area (Å²) in [5.41, 5.74) is 0.407. The highest BCUT2D eigenvalue weighted by atomic mass is 19.1. The molecule has 0 fully saturated rings. The van der Waals surface area contributed by atoms with Gasteiger partial charge in [-0.15, -0.1) is 0 Å². The molecule has 60 valence electrons. The van der Waals surface area contributed by atoms with E-state index >= 15 is 0 Å². The molecule has 3 heteroatoms. The highest BCUT2D eigenvalue weighted by Gasteiger charge is 2.07. The summed E-state index contributed by atoms with van der Waals surface area (Å²) in [5.74, 6) is -0.446.